The third kappa shape index (κ3) is 3.78. The minimum Gasteiger partial charge on any atom is -0.494 e. The Morgan fingerprint density at radius 3 is 2.54 bits per heavy atom. The van der Waals surface area contributed by atoms with E-state index in [2.05, 4.69) is 10.3 Å². The molecule has 1 N–H and O–H groups in total. The molecule has 0 bridgehead atoms. The first-order valence-corrected chi connectivity index (χ1v) is 8.57. The molecule has 2 aromatic carbocycles. The van der Waals surface area contributed by atoms with Gasteiger partial charge in [-0.2, -0.15) is 0 Å². The van der Waals surface area contributed by atoms with Gasteiger partial charge >= 0.3 is 0 Å². The Labute approximate surface area is 153 Å². The van der Waals surface area contributed by atoms with Crippen LogP contribution < -0.4 is 10.1 Å². The lowest BCUT2D eigenvalue weighted by atomic mass is 10.1. The number of rotatable bonds is 5. The van der Waals surface area contributed by atoms with Crippen LogP contribution in [0.15, 0.2) is 47.8 Å². The first kappa shape index (κ1) is 17.8. The molecule has 0 atom stereocenters. The van der Waals surface area contributed by atoms with Crippen molar-refractivity contribution < 1.29 is 18.7 Å². The molecule has 0 saturated heterocycles. The van der Waals surface area contributed by atoms with Gasteiger partial charge in [-0.15, -0.1) is 11.3 Å². The van der Waals surface area contributed by atoms with Gasteiger partial charge in [0.15, 0.2) is 16.7 Å². The summed E-state index contributed by atoms with van der Waals surface area (Å²) in [5, 5.41) is 4.42. The van der Waals surface area contributed by atoms with Crippen LogP contribution in [0.4, 0.5) is 9.52 Å². The van der Waals surface area contributed by atoms with Gasteiger partial charge in [-0.1, -0.05) is 29.8 Å². The summed E-state index contributed by atoms with van der Waals surface area (Å²) in [6.07, 6.45) is 0. The molecular weight excluding hydrogens is 355 g/mol. The van der Waals surface area contributed by atoms with Crippen molar-refractivity contribution in [1.29, 1.82) is 0 Å². The molecule has 3 aromatic rings. The first-order chi connectivity index (χ1) is 12.5. The number of halogens is 1. The fraction of sp³-hybridized carbons (Fsp3) is 0.105. The van der Waals surface area contributed by atoms with Gasteiger partial charge in [-0.05, 0) is 25.1 Å². The van der Waals surface area contributed by atoms with Crippen molar-refractivity contribution >= 4 is 28.2 Å². The number of aromatic nitrogens is 1. The Morgan fingerprint density at radius 2 is 1.88 bits per heavy atom. The van der Waals surface area contributed by atoms with Gasteiger partial charge in [0.1, 0.15) is 0 Å². The number of nitrogens with one attached hydrogen (secondary N) is 1. The maximum atomic E-state index is 13.8. The van der Waals surface area contributed by atoms with Gasteiger partial charge in [0.25, 0.3) is 11.7 Å². The predicted molar refractivity (Wildman–Crippen MR) is 98.2 cm³/mol. The minimum atomic E-state index is -0.768. The van der Waals surface area contributed by atoms with E-state index in [1.165, 1.54) is 19.2 Å². The second-order valence-corrected chi connectivity index (χ2v) is 6.39. The van der Waals surface area contributed by atoms with Gasteiger partial charge < -0.3 is 4.74 Å². The maximum Gasteiger partial charge on any atom is 0.298 e. The Balaban J connectivity index is 1.73. The van der Waals surface area contributed by atoms with E-state index < -0.39 is 17.5 Å². The number of ether oxygens (including phenoxy) is 1. The van der Waals surface area contributed by atoms with E-state index in [1.807, 2.05) is 6.92 Å². The quantitative estimate of drug-likeness (QED) is 0.543. The van der Waals surface area contributed by atoms with Crippen LogP contribution in [0.5, 0.6) is 5.75 Å². The van der Waals surface area contributed by atoms with Gasteiger partial charge in [-0.3, -0.25) is 14.9 Å². The number of methoxy groups -OCH3 is 1. The highest BCUT2D eigenvalue weighted by Crippen LogP contribution is 2.28. The molecule has 0 radical (unpaired) electrons. The second kappa shape index (κ2) is 7.45. The van der Waals surface area contributed by atoms with E-state index in [-0.39, 0.29) is 10.9 Å². The van der Waals surface area contributed by atoms with Crippen LogP contribution in [-0.4, -0.2) is 23.8 Å². The number of ketones is 1. The largest absolute Gasteiger partial charge is 0.494 e. The summed E-state index contributed by atoms with van der Waals surface area (Å²) in [7, 11) is 1.39. The fourth-order valence-electron chi connectivity index (χ4n) is 2.28. The summed E-state index contributed by atoms with van der Waals surface area (Å²) in [6, 6.07) is 11.2. The molecule has 0 spiro atoms. The van der Waals surface area contributed by atoms with Gasteiger partial charge in [0.05, 0.1) is 12.8 Å². The number of amides is 1. The Hall–Kier alpha value is -3.06. The minimum absolute atomic E-state index is 0.140. The number of nitrogens with zero attached hydrogens (tertiary/aromatic N) is 1. The van der Waals surface area contributed by atoms with Crippen LogP contribution in [0.1, 0.15) is 15.9 Å². The van der Waals surface area contributed by atoms with E-state index in [4.69, 9.17) is 4.74 Å². The molecule has 0 unspecified atom stereocenters. The molecule has 0 fully saturated rings. The molecule has 0 saturated carbocycles. The topological polar surface area (TPSA) is 68.3 Å². The molecule has 26 heavy (non-hydrogen) atoms. The highest BCUT2D eigenvalue weighted by atomic mass is 32.1. The summed E-state index contributed by atoms with van der Waals surface area (Å²) < 4.78 is 18.7. The van der Waals surface area contributed by atoms with Crippen LogP contribution in [0.3, 0.4) is 0 Å². The van der Waals surface area contributed by atoms with Crippen LogP contribution in [-0.2, 0) is 4.79 Å². The third-order valence-corrected chi connectivity index (χ3v) is 4.45. The number of hydrogen-bond acceptors (Lipinski definition) is 5. The maximum absolute atomic E-state index is 13.8. The van der Waals surface area contributed by atoms with Crippen molar-refractivity contribution in [2.75, 3.05) is 12.4 Å². The summed E-state index contributed by atoms with van der Waals surface area (Å²) in [4.78, 5) is 28.5. The molecule has 1 heterocycles. The molecule has 0 aliphatic heterocycles. The lowest BCUT2D eigenvalue weighted by molar-refractivity contribution is -0.112. The highest BCUT2D eigenvalue weighted by Gasteiger charge is 2.18. The van der Waals surface area contributed by atoms with Crippen LogP contribution in [0.25, 0.3) is 11.3 Å². The summed E-state index contributed by atoms with van der Waals surface area (Å²) in [6.45, 7) is 1.90. The molecule has 3 rings (SSSR count). The zero-order valence-electron chi connectivity index (χ0n) is 14.1. The van der Waals surface area contributed by atoms with E-state index in [0.29, 0.717) is 16.8 Å². The van der Waals surface area contributed by atoms with Crippen LogP contribution in [0, 0.1) is 12.7 Å². The summed E-state index contributed by atoms with van der Waals surface area (Å²) >= 11 is 1.15. The zero-order chi connectivity index (χ0) is 18.7. The normalized spacial score (nSPS) is 10.4. The average Bonchev–Trinajstić information content (AvgIpc) is 3.10. The van der Waals surface area contributed by atoms with E-state index >= 15 is 0 Å². The van der Waals surface area contributed by atoms with Crippen molar-refractivity contribution in [1.82, 2.24) is 4.98 Å². The standard InChI is InChI=1S/C19H15FN2O3S/c1-11-3-5-12(6-4-11)17(23)18(24)22-19-21-15(10-26-19)13-7-8-16(25-2)14(20)9-13/h3-10H,1-2H3,(H,21,22,24). The number of thiazole rings is 1. The molecular formula is C19H15FN2O3S. The number of hydrogen-bond donors (Lipinski definition) is 1. The number of benzene rings is 2. The number of aryl methyl sites for hydroxylation is 1. The molecule has 0 aliphatic carbocycles. The van der Waals surface area contributed by atoms with Gasteiger partial charge in [-0.25, -0.2) is 9.37 Å². The molecule has 7 heteroatoms. The van der Waals surface area contributed by atoms with Crippen LogP contribution in [0.2, 0.25) is 0 Å². The molecule has 1 aromatic heterocycles. The van der Waals surface area contributed by atoms with E-state index in [0.717, 1.165) is 16.9 Å². The monoisotopic (exact) mass is 370 g/mol. The van der Waals surface area contributed by atoms with Gasteiger partial charge in [0, 0.05) is 16.5 Å². The summed E-state index contributed by atoms with van der Waals surface area (Å²) in [5.41, 5.74) is 2.35. The van der Waals surface area contributed by atoms with Crippen molar-refractivity contribution in [3.63, 3.8) is 0 Å². The first-order valence-electron chi connectivity index (χ1n) is 7.69. The molecule has 5 nitrogen and oxygen atoms in total. The Morgan fingerprint density at radius 1 is 1.15 bits per heavy atom. The van der Waals surface area contributed by atoms with E-state index in [1.54, 1.807) is 35.7 Å². The van der Waals surface area contributed by atoms with Crippen molar-refractivity contribution in [2.45, 2.75) is 6.92 Å². The number of anilines is 1. The number of carbonyl (C=O) groups is 2. The molecule has 132 valence electrons. The van der Waals surface area contributed by atoms with Crippen molar-refractivity contribution in [3.05, 3.63) is 64.8 Å². The third-order valence-electron chi connectivity index (χ3n) is 3.69. The number of carbonyl (C=O) groups excluding carboxylic acids is 2. The van der Waals surface area contributed by atoms with Crippen LogP contribution >= 0.6 is 11.3 Å². The highest BCUT2D eigenvalue weighted by molar-refractivity contribution is 7.14. The second-order valence-electron chi connectivity index (χ2n) is 5.54. The Kier molecular flexibility index (Phi) is 5.09. The predicted octanol–water partition coefficient (Wildman–Crippen LogP) is 4.09. The molecule has 0 aliphatic rings. The number of Topliss-reactive ketones (excluding diaryl/α,β-unsaturated/α-hetero) is 1. The Bertz CT molecular complexity index is 967. The van der Waals surface area contributed by atoms with Crippen molar-refractivity contribution in [2.24, 2.45) is 0 Å². The average molecular weight is 370 g/mol. The lowest BCUT2D eigenvalue weighted by Gasteiger charge is -2.03. The fourth-order valence-corrected chi connectivity index (χ4v) is 2.99. The SMILES string of the molecule is COc1ccc(-c2csc(NC(=O)C(=O)c3ccc(C)cc3)n2)cc1F. The molecule has 1 amide bonds. The van der Waals surface area contributed by atoms with Gasteiger partial charge in [0.2, 0.25) is 0 Å². The van der Waals surface area contributed by atoms with Crippen molar-refractivity contribution in [3.8, 4) is 17.0 Å². The lowest BCUT2D eigenvalue weighted by Crippen LogP contribution is -2.22. The van der Waals surface area contributed by atoms with E-state index in [9.17, 15) is 14.0 Å². The summed E-state index contributed by atoms with van der Waals surface area (Å²) in [5.74, 6) is -1.77. The smallest absolute Gasteiger partial charge is 0.298 e. The zero-order valence-corrected chi connectivity index (χ0v) is 14.9.